The highest BCUT2D eigenvalue weighted by molar-refractivity contribution is 6.08. The summed E-state index contributed by atoms with van der Waals surface area (Å²) in [6.45, 7) is 3.74. The van der Waals surface area contributed by atoms with Crippen molar-refractivity contribution < 1.29 is 0 Å². The van der Waals surface area contributed by atoms with Gasteiger partial charge in [0.1, 0.15) is 11.3 Å². The van der Waals surface area contributed by atoms with Crippen LogP contribution in [0.25, 0.3) is 49.7 Å². The van der Waals surface area contributed by atoms with Gasteiger partial charge in [-0.05, 0) is 61.4 Å². The molecular weight excluding hydrogens is 460 g/mol. The average Bonchev–Trinajstić information content (AvgIpc) is 3.19. The highest BCUT2D eigenvalue weighted by atomic mass is 16.1. The number of pyridine rings is 2. The molecule has 3 aromatic carbocycles. The summed E-state index contributed by atoms with van der Waals surface area (Å²) in [5.74, 6) is 0.295. The highest BCUT2D eigenvalue weighted by Crippen LogP contribution is 2.33. The van der Waals surface area contributed by atoms with Crippen LogP contribution in [0.15, 0.2) is 83.8 Å². The largest absolute Gasteiger partial charge is 0.382 e. The van der Waals surface area contributed by atoms with Crippen molar-refractivity contribution in [1.29, 1.82) is 5.26 Å². The van der Waals surface area contributed by atoms with Gasteiger partial charge in [-0.1, -0.05) is 36.4 Å². The van der Waals surface area contributed by atoms with Crippen molar-refractivity contribution in [2.75, 3.05) is 5.73 Å². The number of para-hydroxylation sites is 1. The van der Waals surface area contributed by atoms with Crippen molar-refractivity contribution in [3.8, 4) is 22.9 Å². The van der Waals surface area contributed by atoms with Crippen molar-refractivity contribution in [1.82, 2.24) is 19.1 Å². The van der Waals surface area contributed by atoms with Crippen LogP contribution < -0.4 is 11.4 Å². The van der Waals surface area contributed by atoms with Crippen LogP contribution >= 0.6 is 0 Å². The van der Waals surface area contributed by atoms with E-state index < -0.39 is 5.41 Å². The van der Waals surface area contributed by atoms with E-state index in [2.05, 4.69) is 22.1 Å². The van der Waals surface area contributed by atoms with Crippen molar-refractivity contribution >= 4 is 38.7 Å². The smallest absolute Gasteiger partial charge is 0.333 e. The fraction of sp³-hybridized carbons (Fsp3) is 0.133. The van der Waals surface area contributed by atoms with Crippen LogP contribution in [0.5, 0.6) is 0 Å². The third kappa shape index (κ3) is 3.46. The zero-order valence-corrected chi connectivity index (χ0v) is 20.7. The lowest BCUT2D eigenvalue weighted by atomic mass is 9.86. The van der Waals surface area contributed by atoms with E-state index in [1.165, 1.54) is 4.57 Å². The lowest BCUT2D eigenvalue weighted by molar-refractivity contribution is 0.686. The Morgan fingerprint density at radius 3 is 2.43 bits per heavy atom. The zero-order valence-electron chi connectivity index (χ0n) is 20.7. The van der Waals surface area contributed by atoms with E-state index in [1.54, 1.807) is 11.6 Å². The normalized spacial score (nSPS) is 11.8. The lowest BCUT2D eigenvalue weighted by Gasteiger charge is -2.16. The first kappa shape index (κ1) is 22.5. The van der Waals surface area contributed by atoms with E-state index in [9.17, 15) is 10.1 Å². The fourth-order valence-electron chi connectivity index (χ4n) is 4.89. The van der Waals surface area contributed by atoms with Crippen LogP contribution in [0.3, 0.4) is 0 Å². The molecule has 0 atom stereocenters. The Labute approximate surface area is 213 Å². The number of nitrogens with zero attached hydrogens (tertiary/aromatic N) is 5. The predicted octanol–water partition coefficient (Wildman–Crippen LogP) is 5.48. The Bertz CT molecular complexity index is 1960. The van der Waals surface area contributed by atoms with Gasteiger partial charge in [0.25, 0.3) is 0 Å². The summed E-state index contributed by atoms with van der Waals surface area (Å²) >= 11 is 0. The molecule has 0 bridgehead atoms. The van der Waals surface area contributed by atoms with Crippen molar-refractivity contribution in [3.05, 3.63) is 95.0 Å². The van der Waals surface area contributed by atoms with Crippen LogP contribution in [0.4, 0.5) is 5.82 Å². The van der Waals surface area contributed by atoms with E-state index in [1.807, 2.05) is 86.8 Å². The number of rotatable bonds is 3. The molecule has 7 heteroatoms. The SMILES string of the molecule is Cn1c(=O)n(-c2ccc(C(C)(C)C#N)cc2)c2c3cc(-c4cnc5ccccc5c4)ccc3nc(N)c21. The number of imidazole rings is 1. The molecule has 0 aliphatic heterocycles. The highest BCUT2D eigenvalue weighted by Gasteiger charge is 2.22. The summed E-state index contributed by atoms with van der Waals surface area (Å²) in [7, 11) is 1.70. The maximum absolute atomic E-state index is 13.5. The molecule has 3 aromatic heterocycles. The summed E-state index contributed by atoms with van der Waals surface area (Å²) in [6.07, 6.45) is 1.86. The van der Waals surface area contributed by atoms with Gasteiger partial charge in [-0.3, -0.25) is 14.1 Å². The second-order valence-electron chi connectivity index (χ2n) is 9.80. The first-order chi connectivity index (χ1) is 17.8. The summed E-state index contributed by atoms with van der Waals surface area (Å²) in [6, 6.07) is 25.9. The number of anilines is 1. The van der Waals surface area contributed by atoms with Gasteiger partial charge in [-0.2, -0.15) is 5.26 Å². The molecule has 37 heavy (non-hydrogen) atoms. The standard InChI is InChI=1S/C30H24N6O/c1-30(2,17-31)21-9-11-22(12-10-21)36-26-23-15-18(20-14-19-6-4-5-7-24(19)33-16-20)8-13-25(23)34-28(32)27(26)35(3)29(36)37/h4-16H,1-3H3,(H2,32,34). The van der Waals surface area contributed by atoms with Gasteiger partial charge in [0.2, 0.25) is 0 Å². The molecule has 0 aliphatic carbocycles. The van der Waals surface area contributed by atoms with Gasteiger partial charge < -0.3 is 5.73 Å². The predicted molar refractivity (Wildman–Crippen MR) is 148 cm³/mol. The Balaban J connectivity index is 1.62. The Hall–Kier alpha value is -4.96. The Morgan fingerprint density at radius 2 is 1.68 bits per heavy atom. The van der Waals surface area contributed by atoms with E-state index in [0.717, 1.165) is 33.0 Å². The number of hydrogen-bond acceptors (Lipinski definition) is 5. The van der Waals surface area contributed by atoms with E-state index >= 15 is 0 Å². The lowest BCUT2D eigenvalue weighted by Crippen LogP contribution is -2.21. The van der Waals surface area contributed by atoms with E-state index in [0.29, 0.717) is 28.1 Å². The van der Waals surface area contributed by atoms with Crippen LogP contribution in [0, 0.1) is 11.3 Å². The number of nitriles is 1. The molecule has 6 aromatic rings. The molecule has 0 saturated heterocycles. The topological polar surface area (TPSA) is 103 Å². The molecule has 180 valence electrons. The van der Waals surface area contributed by atoms with Gasteiger partial charge in [0, 0.05) is 29.6 Å². The van der Waals surface area contributed by atoms with Gasteiger partial charge in [0.05, 0.1) is 33.7 Å². The van der Waals surface area contributed by atoms with Crippen molar-refractivity contribution in [3.63, 3.8) is 0 Å². The molecule has 0 amide bonds. The maximum Gasteiger partial charge on any atom is 0.333 e. The quantitative estimate of drug-likeness (QED) is 0.358. The molecule has 7 nitrogen and oxygen atoms in total. The fourth-order valence-corrected chi connectivity index (χ4v) is 4.89. The second kappa shape index (κ2) is 8.04. The minimum atomic E-state index is -0.633. The summed E-state index contributed by atoms with van der Waals surface area (Å²) in [5, 5.41) is 11.4. The first-order valence-corrected chi connectivity index (χ1v) is 12.0. The van der Waals surface area contributed by atoms with Crippen LogP contribution in [-0.4, -0.2) is 19.1 Å². The number of aryl methyl sites for hydroxylation is 1. The van der Waals surface area contributed by atoms with Crippen LogP contribution in [0.1, 0.15) is 19.4 Å². The third-order valence-electron chi connectivity index (χ3n) is 7.05. The molecule has 3 heterocycles. The monoisotopic (exact) mass is 484 g/mol. The van der Waals surface area contributed by atoms with Crippen molar-refractivity contribution in [2.24, 2.45) is 7.05 Å². The average molecular weight is 485 g/mol. The number of benzene rings is 3. The van der Waals surface area contributed by atoms with Gasteiger partial charge in [0.15, 0.2) is 0 Å². The number of nitrogens with two attached hydrogens (primary N) is 1. The van der Waals surface area contributed by atoms with Gasteiger partial charge in [-0.25, -0.2) is 9.78 Å². The molecule has 0 fully saturated rings. The number of nitrogen functional groups attached to an aromatic ring is 1. The maximum atomic E-state index is 13.5. The molecule has 0 saturated carbocycles. The van der Waals surface area contributed by atoms with Crippen LogP contribution in [0.2, 0.25) is 0 Å². The van der Waals surface area contributed by atoms with Crippen LogP contribution in [-0.2, 0) is 12.5 Å². The van der Waals surface area contributed by atoms with Crippen molar-refractivity contribution in [2.45, 2.75) is 19.3 Å². The molecular formula is C30H24N6O. The third-order valence-corrected chi connectivity index (χ3v) is 7.05. The minimum absolute atomic E-state index is 0.221. The second-order valence-corrected chi connectivity index (χ2v) is 9.80. The minimum Gasteiger partial charge on any atom is -0.382 e. The Morgan fingerprint density at radius 1 is 0.919 bits per heavy atom. The van der Waals surface area contributed by atoms with Gasteiger partial charge >= 0.3 is 5.69 Å². The number of fused-ring (bicyclic) bond motifs is 4. The molecule has 2 N–H and O–H groups in total. The molecule has 6 rings (SSSR count). The Kier molecular flexibility index (Phi) is 4.89. The molecule has 0 unspecified atom stereocenters. The summed E-state index contributed by atoms with van der Waals surface area (Å²) in [4.78, 5) is 22.7. The van der Waals surface area contributed by atoms with E-state index in [4.69, 9.17) is 5.73 Å². The number of aromatic nitrogens is 4. The molecule has 0 spiro atoms. The van der Waals surface area contributed by atoms with Gasteiger partial charge in [-0.15, -0.1) is 0 Å². The first-order valence-electron chi connectivity index (χ1n) is 12.0. The zero-order chi connectivity index (χ0) is 25.9. The number of hydrogen-bond donors (Lipinski definition) is 1. The molecule has 0 radical (unpaired) electrons. The van der Waals surface area contributed by atoms with E-state index in [-0.39, 0.29) is 5.69 Å². The summed E-state index contributed by atoms with van der Waals surface area (Å²) < 4.78 is 3.20. The molecule has 0 aliphatic rings. The summed E-state index contributed by atoms with van der Waals surface area (Å²) in [5.41, 5.74) is 11.9.